The number of unbranched alkanes of at least 4 members (excludes halogenated alkanes) is 1. The molecule has 0 saturated heterocycles. The molecule has 0 saturated carbocycles. The number of esters is 2. The van der Waals surface area contributed by atoms with Gasteiger partial charge in [-0.1, -0.05) is 18.8 Å². The number of guanidine groups is 2. The van der Waals surface area contributed by atoms with Crippen molar-refractivity contribution in [3.8, 4) is 11.8 Å². The van der Waals surface area contributed by atoms with Crippen molar-refractivity contribution in [2.45, 2.75) is 76.9 Å². The fourth-order valence-corrected chi connectivity index (χ4v) is 3.09. The van der Waals surface area contributed by atoms with Crippen LogP contribution in [0.15, 0.2) is 9.98 Å². The van der Waals surface area contributed by atoms with Gasteiger partial charge in [0.05, 0.1) is 19.3 Å². The van der Waals surface area contributed by atoms with Gasteiger partial charge in [0.2, 0.25) is 11.8 Å². The Morgan fingerprint density at radius 3 is 1.71 bits per heavy atom. The van der Waals surface area contributed by atoms with E-state index in [1.165, 1.54) is 13.8 Å². The van der Waals surface area contributed by atoms with Crippen LogP contribution in [0.1, 0.15) is 59.3 Å². The minimum absolute atomic E-state index is 0. The van der Waals surface area contributed by atoms with E-state index in [1.54, 1.807) is 0 Å². The number of halogens is 3. The number of carbonyl (C=O) groups excluding carboxylic acids is 4. The topological polar surface area (TPSA) is 266 Å². The van der Waals surface area contributed by atoms with E-state index in [0.717, 1.165) is 0 Å². The maximum atomic E-state index is 13.4. The third-order valence-corrected chi connectivity index (χ3v) is 5.01. The standard InChI is InChI=1S/C24H43N9O6.3ClH/c1-4-7-8-13-24(20(36)38-5-2,21(37)39-6-3)33-19(35)17(12-10-15-31-23(28)29)32-18(34)16(25)11-9-14-30-22(26)27;;;/h16-17H,4-7,9-12,14-15,25H2,1-3H3,(H,32,34)(H,33,35)(H4,26,27,30)(H4,28,29,31);3*1H/t16-,17-;;;/m0.../s1. The summed E-state index contributed by atoms with van der Waals surface area (Å²) in [4.78, 5) is 59.9. The highest BCUT2D eigenvalue weighted by atomic mass is 35.5. The number of carbonyl (C=O) groups is 4. The first-order chi connectivity index (χ1) is 18.4. The molecular weight excluding hydrogens is 617 g/mol. The summed E-state index contributed by atoms with van der Waals surface area (Å²) in [6.07, 6.45) is 1.91. The summed E-state index contributed by atoms with van der Waals surface area (Å²) < 4.78 is 10.1. The predicted octanol–water partition coefficient (Wildman–Crippen LogP) is -1.04. The van der Waals surface area contributed by atoms with Crippen LogP contribution >= 0.6 is 37.2 Å². The monoisotopic (exact) mass is 661 g/mol. The van der Waals surface area contributed by atoms with Crippen LogP contribution in [0.25, 0.3) is 0 Å². The first-order valence-electron chi connectivity index (χ1n) is 12.8. The Bertz CT molecular complexity index is 932. The van der Waals surface area contributed by atoms with Crippen LogP contribution in [-0.2, 0) is 28.7 Å². The van der Waals surface area contributed by atoms with Gasteiger partial charge in [0.25, 0.3) is 5.54 Å². The Morgan fingerprint density at radius 2 is 1.29 bits per heavy atom. The molecular formula is C24H46Cl3N9O6. The Hall–Kier alpha value is -3.19. The molecule has 0 aliphatic carbocycles. The first-order valence-corrected chi connectivity index (χ1v) is 12.8. The summed E-state index contributed by atoms with van der Waals surface area (Å²) >= 11 is 0. The molecule has 0 spiro atoms. The fourth-order valence-electron chi connectivity index (χ4n) is 3.09. The lowest BCUT2D eigenvalue weighted by Gasteiger charge is -2.28. The van der Waals surface area contributed by atoms with Gasteiger partial charge in [-0.05, 0) is 46.0 Å². The molecule has 0 radical (unpaired) electrons. The van der Waals surface area contributed by atoms with E-state index in [0.29, 0.717) is 19.3 Å². The van der Waals surface area contributed by atoms with E-state index in [2.05, 4.69) is 32.5 Å². The predicted molar refractivity (Wildman–Crippen MR) is 168 cm³/mol. The summed E-state index contributed by atoms with van der Waals surface area (Å²) in [5.41, 5.74) is 24.8. The Kier molecular flexibility index (Phi) is 27.8. The first kappa shape index (κ1) is 45.8. The average molecular weight is 663 g/mol. The molecule has 0 rings (SSSR count). The van der Waals surface area contributed by atoms with Gasteiger partial charge in [0, 0.05) is 19.5 Å². The molecule has 15 nitrogen and oxygen atoms in total. The van der Waals surface area contributed by atoms with Crippen molar-refractivity contribution in [3.63, 3.8) is 0 Å². The number of hydrogen-bond acceptors (Lipinski definition) is 9. The van der Waals surface area contributed by atoms with E-state index in [-0.39, 0.29) is 94.7 Å². The van der Waals surface area contributed by atoms with Crippen molar-refractivity contribution >= 4 is 72.9 Å². The fraction of sp³-hybridized carbons (Fsp3) is 0.667. The number of nitrogens with zero attached hydrogens (tertiary/aromatic N) is 2. The van der Waals surface area contributed by atoms with Crippen LogP contribution in [0.2, 0.25) is 0 Å². The van der Waals surface area contributed by atoms with Crippen molar-refractivity contribution < 1.29 is 28.7 Å². The van der Waals surface area contributed by atoms with Crippen LogP contribution in [0.3, 0.4) is 0 Å². The van der Waals surface area contributed by atoms with Crippen molar-refractivity contribution in [2.24, 2.45) is 38.7 Å². The van der Waals surface area contributed by atoms with E-state index in [9.17, 15) is 19.2 Å². The number of amides is 2. The van der Waals surface area contributed by atoms with Gasteiger partial charge >= 0.3 is 11.9 Å². The van der Waals surface area contributed by atoms with Gasteiger partial charge in [-0.15, -0.1) is 37.2 Å². The van der Waals surface area contributed by atoms with Gasteiger partial charge in [0.1, 0.15) is 6.04 Å². The van der Waals surface area contributed by atoms with E-state index in [1.807, 2.05) is 6.92 Å². The number of rotatable bonds is 17. The molecule has 12 N–H and O–H groups in total. The zero-order chi connectivity index (χ0) is 29.8. The second-order valence-electron chi connectivity index (χ2n) is 8.30. The number of aliphatic imine (C=N–C) groups is 2. The summed E-state index contributed by atoms with van der Waals surface area (Å²) in [7, 11) is 0. The lowest BCUT2D eigenvalue weighted by Crippen LogP contribution is -2.64. The van der Waals surface area contributed by atoms with E-state index >= 15 is 0 Å². The molecule has 0 aliphatic heterocycles. The number of hydrogen-bond donors (Lipinski definition) is 7. The molecule has 2 amide bonds. The van der Waals surface area contributed by atoms with Gasteiger partial charge in [0.15, 0.2) is 11.9 Å². The van der Waals surface area contributed by atoms with Crippen LogP contribution in [0.5, 0.6) is 0 Å². The van der Waals surface area contributed by atoms with Gasteiger partial charge in [-0.2, -0.15) is 0 Å². The third-order valence-electron chi connectivity index (χ3n) is 5.01. The van der Waals surface area contributed by atoms with Crippen LogP contribution in [0.4, 0.5) is 0 Å². The molecule has 18 heteroatoms. The quantitative estimate of drug-likeness (QED) is 0.0247. The molecule has 0 aliphatic rings. The van der Waals surface area contributed by atoms with Gasteiger partial charge in [-0.25, -0.2) is 9.59 Å². The molecule has 0 aromatic heterocycles. The van der Waals surface area contributed by atoms with Crippen molar-refractivity contribution in [3.05, 3.63) is 0 Å². The maximum absolute atomic E-state index is 13.4. The Morgan fingerprint density at radius 1 is 0.810 bits per heavy atom. The summed E-state index contributed by atoms with van der Waals surface area (Å²) in [5, 5.41) is 4.93. The third kappa shape index (κ3) is 17.6. The minimum Gasteiger partial charge on any atom is -0.463 e. The van der Waals surface area contributed by atoms with Crippen LogP contribution < -0.4 is 39.3 Å². The SMILES string of the molecule is CCCC#CC(NC(=O)[C@H](CCCN=C(N)N)NC(=O)[C@@H](N)CCCN=C(N)N)(C(=O)OCC)C(=O)OCC.Cl.Cl.Cl. The van der Waals surface area contributed by atoms with Gasteiger partial charge < -0.3 is 48.8 Å². The number of nitrogens with one attached hydrogen (secondary N) is 2. The smallest absolute Gasteiger partial charge is 0.356 e. The number of nitrogens with two attached hydrogens (primary N) is 5. The molecule has 0 aromatic rings. The highest BCUT2D eigenvalue weighted by Crippen LogP contribution is 2.13. The van der Waals surface area contributed by atoms with Crippen LogP contribution in [-0.4, -0.2) is 79.6 Å². The van der Waals surface area contributed by atoms with Crippen molar-refractivity contribution in [1.82, 2.24) is 10.6 Å². The molecule has 0 fully saturated rings. The van der Waals surface area contributed by atoms with E-state index < -0.39 is 41.4 Å². The Balaban J connectivity index is -0.00000241. The minimum atomic E-state index is -2.44. The lowest BCUT2D eigenvalue weighted by atomic mass is 9.98. The lowest BCUT2D eigenvalue weighted by molar-refractivity contribution is -0.164. The van der Waals surface area contributed by atoms with Gasteiger partial charge in [-0.3, -0.25) is 19.6 Å². The molecule has 0 heterocycles. The van der Waals surface area contributed by atoms with E-state index in [4.69, 9.17) is 38.1 Å². The molecule has 0 unspecified atom stereocenters. The second kappa shape index (κ2) is 25.5. The average Bonchev–Trinajstić information content (AvgIpc) is 2.87. The van der Waals surface area contributed by atoms with Crippen molar-refractivity contribution in [1.29, 1.82) is 0 Å². The zero-order valence-corrected chi connectivity index (χ0v) is 26.6. The molecule has 0 bridgehead atoms. The zero-order valence-electron chi connectivity index (χ0n) is 24.2. The van der Waals surface area contributed by atoms with Crippen molar-refractivity contribution in [2.75, 3.05) is 26.3 Å². The second-order valence-corrected chi connectivity index (χ2v) is 8.30. The number of ether oxygens (including phenoxy) is 2. The summed E-state index contributed by atoms with van der Waals surface area (Å²) in [6.45, 7) is 5.18. The largest absolute Gasteiger partial charge is 0.463 e. The molecule has 0 aromatic carbocycles. The molecule has 2 atom stereocenters. The highest BCUT2D eigenvalue weighted by molar-refractivity contribution is 6.12. The normalized spacial score (nSPS) is 11.1. The van der Waals surface area contributed by atoms with Crippen LogP contribution in [0, 0.1) is 11.8 Å². The maximum Gasteiger partial charge on any atom is 0.356 e. The summed E-state index contributed by atoms with van der Waals surface area (Å²) in [5.74, 6) is 1.28. The highest BCUT2D eigenvalue weighted by Gasteiger charge is 2.50. The summed E-state index contributed by atoms with van der Waals surface area (Å²) in [6, 6.07) is -2.22. The Labute approximate surface area is 265 Å². The molecule has 42 heavy (non-hydrogen) atoms. The molecule has 244 valence electrons.